The zero-order valence-electron chi connectivity index (χ0n) is 30.8. The fourth-order valence-corrected chi connectivity index (χ4v) is 6.89. The summed E-state index contributed by atoms with van der Waals surface area (Å²) < 4.78 is 0. The number of nitrogens with one attached hydrogen (secondary N) is 2. The number of hydrogen-bond donors (Lipinski definition) is 2. The molecule has 0 aliphatic carbocycles. The highest BCUT2D eigenvalue weighted by atomic mass is 16.2. The minimum absolute atomic E-state index is 0.183. The van der Waals surface area contributed by atoms with Crippen LogP contribution in [0.15, 0.2) is 158 Å². The van der Waals surface area contributed by atoms with Crippen molar-refractivity contribution in [2.24, 2.45) is 0 Å². The maximum Gasteiger partial charge on any atom is 0.256 e. The molecule has 268 valence electrons. The summed E-state index contributed by atoms with van der Waals surface area (Å²) in [7, 11) is 0. The molecule has 6 heteroatoms. The highest BCUT2D eigenvalue weighted by Crippen LogP contribution is 2.28. The van der Waals surface area contributed by atoms with Crippen LogP contribution in [-0.4, -0.2) is 21.8 Å². The Morgan fingerprint density at radius 3 is 1.20 bits per heavy atom. The van der Waals surface area contributed by atoms with Crippen LogP contribution in [0.4, 0.5) is 11.4 Å². The third kappa shape index (κ3) is 7.75. The normalized spacial score (nSPS) is 11.1. The van der Waals surface area contributed by atoms with Gasteiger partial charge in [0.1, 0.15) is 0 Å². The molecule has 0 saturated heterocycles. The molecule has 0 bridgehead atoms. The van der Waals surface area contributed by atoms with Crippen LogP contribution < -0.4 is 10.6 Å². The van der Waals surface area contributed by atoms with Gasteiger partial charge in [-0.2, -0.15) is 0 Å². The smallest absolute Gasteiger partial charge is 0.256 e. The predicted molar refractivity (Wildman–Crippen MR) is 225 cm³/mol. The molecule has 0 fully saturated rings. The van der Waals surface area contributed by atoms with Crippen LogP contribution in [0.3, 0.4) is 0 Å². The Bertz CT molecular complexity index is 2460. The van der Waals surface area contributed by atoms with Gasteiger partial charge in [0.15, 0.2) is 0 Å². The van der Waals surface area contributed by atoms with Crippen molar-refractivity contribution in [2.45, 2.75) is 33.1 Å². The Hall–Kier alpha value is -6.92. The fraction of sp³-hybridized carbons (Fsp3) is 0.102. The van der Waals surface area contributed by atoms with Gasteiger partial charge in [-0.25, -0.2) is 9.97 Å². The maximum atomic E-state index is 13.7. The quantitative estimate of drug-likeness (QED) is 0.148. The van der Waals surface area contributed by atoms with Crippen molar-refractivity contribution >= 4 is 45.0 Å². The Morgan fingerprint density at radius 2 is 0.818 bits per heavy atom. The molecule has 2 heterocycles. The molecule has 6 nitrogen and oxygen atoms in total. The molecule has 6 aromatic carbocycles. The third-order valence-corrected chi connectivity index (χ3v) is 10.1. The summed E-state index contributed by atoms with van der Waals surface area (Å²) in [6.07, 6.45) is 2.63. The van der Waals surface area contributed by atoms with Crippen LogP contribution in [0.25, 0.3) is 44.3 Å². The lowest BCUT2D eigenvalue weighted by Crippen LogP contribution is -2.13. The van der Waals surface area contributed by atoms with Gasteiger partial charge in [0.05, 0.1) is 33.5 Å². The average molecular weight is 717 g/mol. The van der Waals surface area contributed by atoms with E-state index in [1.54, 1.807) is 0 Å². The highest BCUT2D eigenvalue weighted by molar-refractivity contribution is 6.14. The van der Waals surface area contributed by atoms with Gasteiger partial charge in [-0.15, -0.1) is 0 Å². The largest absolute Gasteiger partial charge is 0.322 e. The number of amides is 2. The van der Waals surface area contributed by atoms with Gasteiger partial charge in [-0.3, -0.25) is 9.59 Å². The summed E-state index contributed by atoms with van der Waals surface area (Å²) in [5.74, 6) is -0.367. The number of fused-ring (bicyclic) bond motifs is 2. The van der Waals surface area contributed by atoms with Gasteiger partial charge in [0, 0.05) is 33.3 Å². The second-order valence-electron chi connectivity index (χ2n) is 13.7. The van der Waals surface area contributed by atoms with Crippen molar-refractivity contribution in [2.75, 3.05) is 10.6 Å². The summed E-state index contributed by atoms with van der Waals surface area (Å²) in [5.41, 5.74) is 12.3. The molecule has 0 unspecified atom stereocenters. The van der Waals surface area contributed by atoms with Crippen molar-refractivity contribution in [3.05, 3.63) is 191 Å². The zero-order chi connectivity index (χ0) is 37.7. The molecule has 2 amide bonds. The van der Waals surface area contributed by atoms with Gasteiger partial charge in [-0.05, 0) is 90.0 Å². The number of hydrogen-bond acceptors (Lipinski definition) is 4. The first-order chi connectivity index (χ1) is 26.9. The maximum absolute atomic E-state index is 13.7. The number of nitrogens with zero attached hydrogens (tertiary/aromatic N) is 2. The Morgan fingerprint density at radius 1 is 0.455 bits per heavy atom. The van der Waals surface area contributed by atoms with Crippen LogP contribution in [0, 0.1) is 0 Å². The molecule has 0 aliphatic rings. The van der Waals surface area contributed by atoms with Crippen LogP contribution >= 0.6 is 0 Å². The Labute approximate surface area is 320 Å². The molecular weight excluding hydrogens is 677 g/mol. The molecule has 55 heavy (non-hydrogen) atoms. The highest BCUT2D eigenvalue weighted by Gasteiger charge is 2.16. The fourth-order valence-electron chi connectivity index (χ4n) is 6.89. The minimum atomic E-state index is -0.183. The number of benzene rings is 6. The SMILES string of the molecule is CCc1ccc(-c2cc(C(=O)Nc3ccc(Cc4ccc(NC(=O)c5cc(-c6ccc(CC)cc6)nc6ccccc56)cc4)cc3)c3ccccc3n2)cc1. The molecule has 0 saturated carbocycles. The first kappa shape index (κ1) is 35.1. The number of anilines is 2. The molecule has 0 spiro atoms. The van der Waals surface area contributed by atoms with E-state index in [1.807, 2.05) is 109 Å². The van der Waals surface area contributed by atoms with Crippen molar-refractivity contribution in [1.29, 1.82) is 0 Å². The number of carbonyl (C=O) groups excluding carboxylic acids is 2. The number of rotatable bonds is 10. The molecule has 2 aromatic heterocycles. The van der Waals surface area contributed by atoms with E-state index in [1.165, 1.54) is 11.1 Å². The molecule has 0 aliphatic heterocycles. The lowest BCUT2D eigenvalue weighted by Gasteiger charge is -2.12. The topological polar surface area (TPSA) is 84.0 Å². The number of para-hydroxylation sites is 2. The Kier molecular flexibility index (Phi) is 9.96. The van der Waals surface area contributed by atoms with Crippen LogP contribution in [-0.2, 0) is 19.3 Å². The number of aromatic nitrogens is 2. The molecule has 0 radical (unpaired) electrons. The molecular formula is C49H40N4O2. The van der Waals surface area contributed by atoms with Gasteiger partial charge in [0.2, 0.25) is 0 Å². The van der Waals surface area contributed by atoms with Crippen molar-refractivity contribution in [3.63, 3.8) is 0 Å². The monoisotopic (exact) mass is 716 g/mol. The first-order valence-electron chi connectivity index (χ1n) is 18.7. The van der Waals surface area contributed by atoms with Gasteiger partial charge >= 0.3 is 0 Å². The van der Waals surface area contributed by atoms with Crippen LogP contribution in [0.5, 0.6) is 0 Å². The van der Waals surface area contributed by atoms with E-state index in [0.29, 0.717) is 28.9 Å². The number of carbonyl (C=O) groups is 2. The van der Waals surface area contributed by atoms with Gasteiger partial charge in [-0.1, -0.05) is 123 Å². The standard InChI is InChI=1S/C49H40N4O2/c1-3-32-13-21-36(22-14-32)46-30-42(40-9-5-7-11-44(40)52-46)48(54)50-38-25-17-34(18-26-38)29-35-19-27-39(28-20-35)51-49(55)43-31-47(37-23-15-33(4-2)16-24-37)53-45-12-8-6-10-41(43)45/h5-28,30-31H,3-4,29H2,1-2H3,(H,50,54)(H,51,55). The van der Waals surface area contributed by atoms with Crippen LogP contribution in [0.1, 0.15) is 56.8 Å². The van der Waals surface area contributed by atoms with Crippen molar-refractivity contribution in [3.8, 4) is 22.5 Å². The molecule has 8 aromatic rings. The summed E-state index contributed by atoms with van der Waals surface area (Å²) >= 11 is 0. The van der Waals surface area contributed by atoms with Crippen molar-refractivity contribution in [1.82, 2.24) is 9.97 Å². The van der Waals surface area contributed by atoms with E-state index in [-0.39, 0.29) is 11.8 Å². The Balaban J connectivity index is 0.943. The van der Waals surface area contributed by atoms with Gasteiger partial charge in [0.25, 0.3) is 11.8 Å². The lowest BCUT2D eigenvalue weighted by molar-refractivity contribution is 0.102. The second-order valence-corrected chi connectivity index (χ2v) is 13.7. The summed E-state index contributed by atoms with van der Waals surface area (Å²) in [6, 6.07) is 51.7. The summed E-state index contributed by atoms with van der Waals surface area (Å²) in [6.45, 7) is 4.26. The molecule has 8 rings (SSSR count). The van der Waals surface area contributed by atoms with E-state index in [2.05, 4.69) is 73.0 Å². The lowest BCUT2D eigenvalue weighted by atomic mass is 10.0. The predicted octanol–water partition coefficient (Wildman–Crippen LogP) is 11.3. The summed E-state index contributed by atoms with van der Waals surface area (Å²) in [4.78, 5) is 37.1. The van der Waals surface area contributed by atoms with E-state index in [9.17, 15) is 9.59 Å². The third-order valence-electron chi connectivity index (χ3n) is 10.1. The van der Waals surface area contributed by atoms with Crippen LogP contribution in [0.2, 0.25) is 0 Å². The second kappa shape index (κ2) is 15.6. The summed E-state index contributed by atoms with van der Waals surface area (Å²) in [5, 5.41) is 7.80. The van der Waals surface area contributed by atoms with E-state index < -0.39 is 0 Å². The molecule has 2 N–H and O–H groups in total. The first-order valence-corrected chi connectivity index (χ1v) is 18.7. The minimum Gasteiger partial charge on any atom is -0.322 e. The van der Waals surface area contributed by atoms with Gasteiger partial charge < -0.3 is 10.6 Å². The number of aryl methyl sites for hydroxylation is 2. The molecule has 0 atom stereocenters. The average Bonchev–Trinajstić information content (AvgIpc) is 3.24. The van der Waals surface area contributed by atoms with E-state index >= 15 is 0 Å². The zero-order valence-corrected chi connectivity index (χ0v) is 30.8. The van der Waals surface area contributed by atoms with E-state index in [4.69, 9.17) is 9.97 Å². The van der Waals surface area contributed by atoms with E-state index in [0.717, 1.165) is 68.3 Å². The van der Waals surface area contributed by atoms with Crippen molar-refractivity contribution < 1.29 is 9.59 Å². The number of pyridine rings is 2.